The van der Waals surface area contributed by atoms with Gasteiger partial charge in [0.15, 0.2) is 0 Å². The van der Waals surface area contributed by atoms with Gasteiger partial charge < -0.3 is 9.84 Å². The Labute approximate surface area is 72.0 Å². The normalized spacial score (nSPS) is 24.2. The second-order valence-corrected chi connectivity index (χ2v) is 2.97. The number of aliphatic hydroxyl groups excluding tert-OH is 1. The Morgan fingerprint density at radius 3 is 3.00 bits per heavy atom. The van der Waals surface area contributed by atoms with Crippen molar-refractivity contribution in [1.29, 1.82) is 0 Å². The van der Waals surface area contributed by atoms with Gasteiger partial charge in [-0.25, -0.2) is 4.79 Å². The number of hydrogen-bond donors (Lipinski definition) is 1. The van der Waals surface area contributed by atoms with Crippen LogP contribution in [0.25, 0.3) is 0 Å². The van der Waals surface area contributed by atoms with Crippen molar-refractivity contribution in [2.75, 3.05) is 0 Å². The van der Waals surface area contributed by atoms with Crippen LogP contribution in [0.3, 0.4) is 0 Å². The van der Waals surface area contributed by atoms with Crippen molar-refractivity contribution in [3.8, 4) is 0 Å². The average Bonchev–Trinajstić information content (AvgIpc) is 2.47. The molecule has 0 radical (unpaired) electrons. The van der Waals surface area contributed by atoms with Crippen LogP contribution < -0.4 is 0 Å². The highest BCUT2D eigenvalue weighted by Crippen LogP contribution is 2.13. The molecule has 0 bridgehead atoms. The predicted molar refractivity (Wildman–Crippen MR) is 44.6 cm³/mol. The maximum atomic E-state index is 10.6. The van der Waals surface area contributed by atoms with Gasteiger partial charge >= 0.3 is 5.97 Å². The highest BCUT2D eigenvalue weighted by atomic mass is 16.6. The number of carbonyl (C=O) groups excluding carboxylic acids is 1. The summed E-state index contributed by atoms with van der Waals surface area (Å²) in [5.74, 6) is -0.351. The van der Waals surface area contributed by atoms with E-state index in [2.05, 4.69) is 6.92 Å². The number of carbonyl (C=O) groups is 1. The van der Waals surface area contributed by atoms with Crippen LogP contribution in [0, 0.1) is 0 Å². The summed E-state index contributed by atoms with van der Waals surface area (Å²) < 4.78 is 4.82. The predicted octanol–water partition coefficient (Wildman–Crippen LogP) is 1.02. The molecule has 1 aliphatic rings. The van der Waals surface area contributed by atoms with E-state index in [0.29, 0.717) is 6.42 Å². The summed E-state index contributed by atoms with van der Waals surface area (Å²) in [4.78, 5) is 10.6. The molecule has 0 spiro atoms. The fourth-order valence-electron chi connectivity index (χ4n) is 1.17. The molecular weight excluding hydrogens is 156 g/mol. The van der Waals surface area contributed by atoms with Crippen LogP contribution in [0.1, 0.15) is 26.2 Å². The monoisotopic (exact) mass is 170 g/mol. The van der Waals surface area contributed by atoms with Crippen LogP contribution in [0.2, 0.25) is 0 Å². The van der Waals surface area contributed by atoms with Crippen molar-refractivity contribution in [2.24, 2.45) is 0 Å². The number of hydrogen-bond acceptors (Lipinski definition) is 3. The number of esters is 1. The molecule has 0 aromatic heterocycles. The van der Waals surface area contributed by atoms with E-state index < -0.39 is 12.2 Å². The third-order valence-electron chi connectivity index (χ3n) is 1.91. The van der Waals surface area contributed by atoms with Crippen molar-refractivity contribution in [3.05, 3.63) is 12.2 Å². The summed E-state index contributed by atoms with van der Waals surface area (Å²) in [6, 6.07) is 0. The van der Waals surface area contributed by atoms with Gasteiger partial charge in [0.25, 0.3) is 0 Å². The lowest BCUT2D eigenvalue weighted by Crippen LogP contribution is -2.25. The third-order valence-corrected chi connectivity index (χ3v) is 1.91. The van der Waals surface area contributed by atoms with E-state index in [1.165, 1.54) is 6.08 Å². The lowest BCUT2D eigenvalue weighted by Gasteiger charge is -2.15. The van der Waals surface area contributed by atoms with Crippen molar-refractivity contribution in [2.45, 2.75) is 38.4 Å². The van der Waals surface area contributed by atoms with Gasteiger partial charge in [0.1, 0.15) is 6.10 Å². The molecule has 2 atom stereocenters. The molecule has 1 rings (SSSR count). The Kier molecular flexibility index (Phi) is 3.29. The Bertz CT molecular complexity index is 186. The van der Waals surface area contributed by atoms with E-state index in [-0.39, 0.29) is 5.97 Å². The summed E-state index contributed by atoms with van der Waals surface area (Å²) >= 11 is 0. The molecule has 1 heterocycles. The molecule has 0 amide bonds. The fourth-order valence-corrected chi connectivity index (χ4v) is 1.17. The number of rotatable bonds is 4. The Morgan fingerprint density at radius 1 is 1.75 bits per heavy atom. The van der Waals surface area contributed by atoms with Crippen LogP contribution in [0.5, 0.6) is 0 Å². The molecule has 0 unspecified atom stereocenters. The summed E-state index contributed by atoms with van der Waals surface area (Å²) in [6.45, 7) is 2.06. The SMILES string of the molecule is CCCC[C@H](O)[C@H]1C=CC(=O)O1. The van der Waals surface area contributed by atoms with E-state index in [0.717, 1.165) is 12.8 Å². The Hall–Kier alpha value is -0.830. The van der Waals surface area contributed by atoms with Crippen LogP contribution in [-0.4, -0.2) is 23.3 Å². The molecular formula is C9H14O3. The van der Waals surface area contributed by atoms with Crippen molar-refractivity contribution in [1.82, 2.24) is 0 Å². The zero-order chi connectivity index (χ0) is 8.97. The standard InChI is InChI=1S/C9H14O3/c1-2-3-4-7(10)8-5-6-9(11)12-8/h5-8,10H,2-4H2,1H3/t7-,8+/m0/s1. The van der Waals surface area contributed by atoms with Gasteiger partial charge in [0.05, 0.1) is 6.10 Å². The first-order valence-corrected chi connectivity index (χ1v) is 4.31. The van der Waals surface area contributed by atoms with E-state index in [9.17, 15) is 9.90 Å². The number of cyclic esters (lactones) is 1. The molecule has 0 saturated heterocycles. The number of aliphatic hydroxyl groups is 1. The molecule has 1 aliphatic heterocycles. The second kappa shape index (κ2) is 4.26. The minimum absolute atomic E-state index is 0.351. The summed E-state index contributed by atoms with van der Waals surface area (Å²) in [5, 5.41) is 9.47. The van der Waals surface area contributed by atoms with E-state index in [4.69, 9.17) is 4.74 Å². The molecule has 68 valence electrons. The summed E-state index contributed by atoms with van der Waals surface area (Å²) in [5.41, 5.74) is 0. The van der Waals surface area contributed by atoms with Gasteiger partial charge in [0, 0.05) is 6.08 Å². The maximum Gasteiger partial charge on any atom is 0.331 e. The van der Waals surface area contributed by atoms with Crippen molar-refractivity contribution < 1.29 is 14.6 Å². The molecule has 3 heteroatoms. The van der Waals surface area contributed by atoms with Gasteiger partial charge in [0.2, 0.25) is 0 Å². The topological polar surface area (TPSA) is 46.5 Å². The van der Waals surface area contributed by atoms with Gasteiger partial charge in [-0.3, -0.25) is 0 Å². The molecule has 0 fully saturated rings. The molecule has 1 N–H and O–H groups in total. The molecule has 0 saturated carbocycles. The van der Waals surface area contributed by atoms with Gasteiger partial charge in [-0.2, -0.15) is 0 Å². The van der Waals surface area contributed by atoms with Crippen LogP contribution >= 0.6 is 0 Å². The van der Waals surface area contributed by atoms with Crippen molar-refractivity contribution >= 4 is 5.97 Å². The number of unbranched alkanes of at least 4 members (excludes halogenated alkanes) is 1. The van der Waals surface area contributed by atoms with Crippen LogP contribution in [-0.2, 0) is 9.53 Å². The highest BCUT2D eigenvalue weighted by molar-refractivity contribution is 5.84. The fraction of sp³-hybridized carbons (Fsp3) is 0.667. The first-order chi connectivity index (χ1) is 5.74. The molecule has 0 aromatic carbocycles. The molecule has 0 aliphatic carbocycles. The van der Waals surface area contributed by atoms with Crippen LogP contribution in [0.15, 0.2) is 12.2 Å². The second-order valence-electron chi connectivity index (χ2n) is 2.97. The first kappa shape index (κ1) is 9.26. The third kappa shape index (κ3) is 2.34. The molecule has 0 aromatic rings. The maximum absolute atomic E-state index is 10.6. The minimum Gasteiger partial charge on any atom is -0.452 e. The van der Waals surface area contributed by atoms with Crippen molar-refractivity contribution in [3.63, 3.8) is 0 Å². The largest absolute Gasteiger partial charge is 0.452 e. The summed E-state index contributed by atoms with van der Waals surface area (Å²) in [7, 11) is 0. The van der Waals surface area contributed by atoms with E-state index in [1.54, 1.807) is 6.08 Å². The molecule has 3 nitrogen and oxygen atoms in total. The molecule has 12 heavy (non-hydrogen) atoms. The average molecular weight is 170 g/mol. The Morgan fingerprint density at radius 2 is 2.50 bits per heavy atom. The lowest BCUT2D eigenvalue weighted by molar-refractivity contribution is -0.142. The minimum atomic E-state index is -0.535. The van der Waals surface area contributed by atoms with Crippen LogP contribution in [0.4, 0.5) is 0 Å². The zero-order valence-corrected chi connectivity index (χ0v) is 7.19. The number of ether oxygens (including phenoxy) is 1. The lowest BCUT2D eigenvalue weighted by atomic mass is 10.1. The zero-order valence-electron chi connectivity index (χ0n) is 7.19. The van der Waals surface area contributed by atoms with E-state index in [1.807, 2.05) is 0 Å². The summed E-state index contributed by atoms with van der Waals surface area (Å²) in [6.07, 6.45) is 4.72. The first-order valence-electron chi connectivity index (χ1n) is 4.31. The Balaban J connectivity index is 2.28. The highest BCUT2D eigenvalue weighted by Gasteiger charge is 2.23. The quantitative estimate of drug-likeness (QED) is 0.641. The van der Waals surface area contributed by atoms with Gasteiger partial charge in [-0.05, 0) is 12.5 Å². The smallest absolute Gasteiger partial charge is 0.331 e. The van der Waals surface area contributed by atoms with E-state index >= 15 is 0 Å². The van der Waals surface area contributed by atoms with Gasteiger partial charge in [-0.15, -0.1) is 0 Å². The van der Waals surface area contributed by atoms with Gasteiger partial charge in [-0.1, -0.05) is 19.8 Å².